The first-order chi connectivity index (χ1) is 14.0. The van der Waals surface area contributed by atoms with Crippen molar-refractivity contribution in [1.82, 2.24) is 4.90 Å². The molecule has 0 bridgehead atoms. The summed E-state index contributed by atoms with van der Waals surface area (Å²) in [6.07, 6.45) is 0. The fraction of sp³-hybridized carbons (Fsp3) is 1.00. The normalized spacial score (nSPS) is 12.0. The summed E-state index contributed by atoms with van der Waals surface area (Å²) in [5, 5.41) is 0. The molecule has 0 aliphatic heterocycles. The topological polar surface area (TPSA) is 54.3 Å². The molecule has 0 spiro atoms. The summed E-state index contributed by atoms with van der Waals surface area (Å²) in [5.74, 6) is 0. The minimum Gasteiger partial charge on any atom is -0.668 e. The maximum atomic E-state index is 4.83. The van der Waals surface area contributed by atoms with E-state index in [0.717, 1.165) is 26.3 Å². The van der Waals surface area contributed by atoms with Gasteiger partial charge >= 0.3 is 48.9 Å². The van der Waals surface area contributed by atoms with Gasteiger partial charge in [0.25, 0.3) is 0 Å². The number of hydrogen-bond donors (Lipinski definition) is 1. The average Bonchev–Trinajstić information content (AvgIpc) is 2.45. The average molecular weight is 665 g/mol. The third-order valence-corrected chi connectivity index (χ3v) is 13.6. The Balaban J connectivity index is -0.000000105. The number of rotatable bonds is 10. The fourth-order valence-electron chi connectivity index (χ4n) is 2.59. The van der Waals surface area contributed by atoms with E-state index in [4.69, 9.17) is 18.8 Å². The molecule has 0 amide bonds. The van der Waals surface area contributed by atoms with Crippen LogP contribution in [0.15, 0.2) is 0 Å². The monoisotopic (exact) mass is 665 g/mol. The summed E-state index contributed by atoms with van der Waals surface area (Å²) in [6, 6.07) is 0. The molecule has 1 N–H and O–H groups in total. The van der Waals surface area contributed by atoms with Crippen molar-refractivity contribution in [2.75, 3.05) is 68.7 Å². The summed E-state index contributed by atoms with van der Waals surface area (Å²) in [7, 11) is 7.29. The van der Waals surface area contributed by atoms with Gasteiger partial charge in [0.1, 0.15) is 6.54 Å². The zero-order valence-corrected chi connectivity index (χ0v) is 34.6. The Morgan fingerprint density at radius 3 is 0.939 bits per heavy atom. The molecular formula is C22H63BaN4O2Si4+. The molecule has 0 saturated carbocycles. The third-order valence-electron chi connectivity index (χ3n) is 2.89. The second kappa shape index (κ2) is 23.3. The van der Waals surface area contributed by atoms with Crippen LogP contribution in [-0.2, 0) is 9.47 Å². The molecule has 11 heteroatoms. The van der Waals surface area contributed by atoms with Gasteiger partial charge in [-0.2, -0.15) is 0 Å². The van der Waals surface area contributed by atoms with E-state index >= 15 is 0 Å². The number of quaternary nitrogens is 1. The predicted molar refractivity (Wildman–Crippen MR) is 166 cm³/mol. The van der Waals surface area contributed by atoms with Crippen LogP contribution >= 0.6 is 0 Å². The number of hydrogen-bond acceptors (Lipinski definition) is 3. The minimum absolute atomic E-state index is 0. The van der Waals surface area contributed by atoms with Gasteiger partial charge in [0.15, 0.2) is 0 Å². The molecule has 0 fully saturated rings. The first-order valence-electron chi connectivity index (χ1n) is 11.9. The molecule has 0 heterocycles. The quantitative estimate of drug-likeness (QED) is 0.346. The number of nitrogens with one attached hydrogen (secondary N) is 1. The second-order valence-electron chi connectivity index (χ2n) is 12.7. The van der Waals surface area contributed by atoms with Gasteiger partial charge in [-0.1, -0.05) is 112 Å². The van der Waals surface area contributed by atoms with Gasteiger partial charge in [-0.25, -0.2) is 0 Å². The van der Waals surface area contributed by atoms with E-state index in [-0.39, 0.29) is 48.9 Å². The standard InChI is InChI=1S/2C6H18NSi2.2C5H13NO.Ba/c2*1-8(2,3)7-9(4,5)6;2*1-6(2)4-5-7-3;/h2*1-6H3;2*4-5H2,1-3H3;/q2*-1;;;+2/p+1. The van der Waals surface area contributed by atoms with Crippen molar-refractivity contribution in [3.05, 3.63) is 9.30 Å². The Hall–Kier alpha value is 2.20. The van der Waals surface area contributed by atoms with Crippen LogP contribution < -0.4 is 4.90 Å². The van der Waals surface area contributed by atoms with Crippen LogP contribution in [0.4, 0.5) is 0 Å². The molecular weight excluding hydrogens is 602 g/mol. The van der Waals surface area contributed by atoms with E-state index in [0.29, 0.717) is 0 Å². The van der Waals surface area contributed by atoms with Gasteiger partial charge < -0.3 is 28.6 Å². The number of likely N-dealkylation sites (N-methyl/N-ethyl adjacent to an activating group) is 2. The first kappa shape index (κ1) is 45.1. The Morgan fingerprint density at radius 1 is 0.606 bits per heavy atom. The molecule has 0 radical (unpaired) electrons. The van der Waals surface area contributed by atoms with Gasteiger partial charge in [0.2, 0.25) is 0 Å². The van der Waals surface area contributed by atoms with Crippen LogP contribution in [-0.4, -0.2) is 155 Å². The second-order valence-corrected chi connectivity index (χ2v) is 31.8. The van der Waals surface area contributed by atoms with Crippen molar-refractivity contribution < 1.29 is 14.4 Å². The van der Waals surface area contributed by atoms with Crippen molar-refractivity contribution >= 4 is 81.8 Å². The number of nitrogens with zero attached hydrogens (tertiary/aromatic N) is 3. The molecule has 0 atom stereocenters. The molecule has 6 nitrogen and oxygen atoms in total. The van der Waals surface area contributed by atoms with Gasteiger partial charge in [0, 0.05) is 20.8 Å². The van der Waals surface area contributed by atoms with Crippen LogP contribution in [0.25, 0.3) is 9.30 Å². The van der Waals surface area contributed by atoms with E-state index in [1.54, 1.807) is 14.2 Å². The molecule has 0 aliphatic carbocycles. The Morgan fingerprint density at radius 2 is 0.879 bits per heavy atom. The zero-order chi connectivity index (χ0) is 26.8. The molecule has 0 unspecified atom stereocenters. The summed E-state index contributed by atoms with van der Waals surface area (Å²) >= 11 is 0. The van der Waals surface area contributed by atoms with Crippen molar-refractivity contribution in [1.29, 1.82) is 0 Å². The maximum absolute atomic E-state index is 4.83. The smallest absolute Gasteiger partial charge is 0.668 e. The van der Waals surface area contributed by atoms with E-state index in [2.05, 4.69) is 97.6 Å². The molecule has 33 heavy (non-hydrogen) atoms. The predicted octanol–water partition coefficient (Wildman–Crippen LogP) is 4.65. The van der Waals surface area contributed by atoms with Crippen molar-refractivity contribution in [2.24, 2.45) is 0 Å². The Bertz CT molecular complexity index is 345. The molecule has 0 aliphatic rings. The number of methoxy groups -OCH3 is 2. The van der Waals surface area contributed by atoms with Gasteiger partial charge in [-0.15, -0.1) is 0 Å². The molecule has 0 saturated heterocycles. The molecule has 200 valence electrons. The summed E-state index contributed by atoms with van der Waals surface area (Å²) in [5.41, 5.74) is 0. The van der Waals surface area contributed by atoms with E-state index in [1.165, 1.54) is 4.90 Å². The number of ether oxygens (including phenoxy) is 2. The Kier molecular flexibility index (Phi) is 31.9. The molecule has 0 aromatic carbocycles. The summed E-state index contributed by atoms with van der Waals surface area (Å²) in [4.78, 5) is 3.52. The minimum atomic E-state index is -1.11. The van der Waals surface area contributed by atoms with Crippen LogP contribution in [0.3, 0.4) is 0 Å². The van der Waals surface area contributed by atoms with Crippen LogP contribution in [0, 0.1) is 0 Å². The van der Waals surface area contributed by atoms with E-state index < -0.39 is 32.9 Å². The van der Waals surface area contributed by atoms with E-state index in [9.17, 15) is 0 Å². The van der Waals surface area contributed by atoms with Crippen molar-refractivity contribution in [3.63, 3.8) is 0 Å². The van der Waals surface area contributed by atoms with Gasteiger partial charge in [0.05, 0.1) is 27.3 Å². The first-order valence-corrected chi connectivity index (χ1v) is 25.6. The Labute approximate surface area is 255 Å². The molecule has 0 aromatic rings. The molecule has 0 aromatic heterocycles. The third kappa shape index (κ3) is 72.0. The largest absolute Gasteiger partial charge is 2.00 e. The van der Waals surface area contributed by atoms with Crippen LogP contribution in [0.5, 0.6) is 0 Å². The van der Waals surface area contributed by atoms with E-state index in [1.807, 2.05) is 14.1 Å². The zero-order valence-electron chi connectivity index (χ0n) is 26.2. The van der Waals surface area contributed by atoms with Crippen molar-refractivity contribution in [3.8, 4) is 0 Å². The summed E-state index contributed by atoms with van der Waals surface area (Å²) < 4.78 is 19.3. The van der Waals surface area contributed by atoms with Gasteiger partial charge in [-0.05, 0) is 14.1 Å². The maximum Gasteiger partial charge on any atom is 2.00 e. The fourth-order valence-corrected chi connectivity index (χ4v) is 18.7. The molecule has 0 rings (SSSR count). The SMILES string of the molecule is COCCN(C)C.COCC[NH+](C)C.C[Si](C)(C)[N-][Si](C)(C)C.C[Si](C)(C)[N-][Si](C)(C)C.[Ba+2]. The van der Waals surface area contributed by atoms with Crippen molar-refractivity contribution in [2.45, 2.75) is 78.6 Å². The van der Waals surface area contributed by atoms with Crippen LogP contribution in [0.2, 0.25) is 78.6 Å². The summed E-state index contributed by atoms with van der Waals surface area (Å²) in [6.45, 7) is 31.4. The van der Waals surface area contributed by atoms with Crippen LogP contribution in [0.1, 0.15) is 0 Å². The van der Waals surface area contributed by atoms with Gasteiger partial charge in [-0.3, -0.25) is 0 Å².